The minimum absolute atomic E-state index is 0.222. The topological polar surface area (TPSA) is 86.6 Å². The molecule has 1 aromatic carbocycles. The maximum absolute atomic E-state index is 13.6. The van der Waals surface area contributed by atoms with Crippen molar-refractivity contribution in [1.82, 2.24) is 4.57 Å². The van der Waals surface area contributed by atoms with Crippen molar-refractivity contribution in [3.05, 3.63) is 52.9 Å². The summed E-state index contributed by atoms with van der Waals surface area (Å²) >= 11 is 0. The molecule has 0 aliphatic heterocycles. The largest absolute Gasteiger partial charge is 0.462 e. The van der Waals surface area contributed by atoms with E-state index in [9.17, 15) is 23.2 Å². The van der Waals surface area contributed by atoms with E-state index in [1.54, 1.807) is 31.4 Å². The van der Waals surface area contributed by atoms with Crippen LogP contribution in [0.4, 0.5) is 14.5 Å². The molecule has 0 saturated heterocycles. The average Bonchev–Trinajstić information content (AvgIpc) is 2.93. The van der Waals surface area contributed by atoms with Crippen LogP contribution >= 0.6 is 0 Å². The van der Waals surface area contributed by atoms with Crippen LogP contribution in [-0.2, 0) is 25.6 Å². The Morgan fingerprint density at radius 3 is 2.38 bits per heavy atom. The number of carbonyl (C=O) groups excluding carboxylic acids is 3. The Balaban J connectivity index is 2.03. The van der Waals surface area contributed by atoms with Gasteiger partial charge >= 0.3 is 11.9 Å². The molecule has 7 nitrogen and oxygen atoms in total. The van der Waals surface area contributed by atoms with Gasteiger partial charge in [0.25, 0.3) is 5.91 Å². The number of esters is 2. The second-order valence-electron chi connectivity index (χ2n) is 6.31. The first-order chi connectivity index (χ1) is 13.6. The maximum Gasteiger partial charge on any atom is 0.339 e. The number of amides is 1. The standard InChI is InChI=1S/C20H22F2N2O5/c1-5-28-20(27)14-9-11(2)24(12(14)3)10-17(25)29-13(4)19(26)23-18-15(21)7-6-8-16(18)22/h6-9,13H,5,10H2,1-4H3,(H,23,26)/t13-/m1/s1. The van der Waals surface area contributed by atoms with E-state index < -0.39 is 41.3 Å². The van der Waals surface area contributed by atoms with Crippen LogP contribution in [0, 0.1) is 25.5 Å². The van der Waals surface area contributed by atoms with Crippen molar-refractivity contribution in [2.75, 3.05) is 11.9 Å². The van der Waals surface area contributed by atoms with Crippen molar-refractivity contribution in [2.45, 2.75) is 40.3 Å². The van der Waals surface area contributed by atoms with E-state index in [-0.39, 0.29) is 13.2 Å². The number of benzene rings is 1. The van der Waals surface area contributed by atoms with Crippen molar-refractivity contribution in [3.63, 3.8) is 0 Å². The van der Waals surface area contributed by atoms with Crippen molar-refractivity contribution in [1.29, 1.82) is 0 Å². The number of aryl methyl sites for hydroxylation is 1. The summed E-state index contributed by atoms with van der Waals surface area (Å²) in [6.45, 7) is 6.31. The second kappa shape index (κ2) is 9.31. The van der Waals surface area contributed by atoms with Gasteiger partial charge in [-0.1, -0.05) is 6.07 Å². The van der Waals surface area contributed by atoms with E-state index in [2.05, 4.69) is 5.32 Å². The van der Waals surface area contributed by atoms with Crippen LogP contribution in [0.1, 0.15) is 35.6 Å². The predicted molar refractivity (Wildman–Crippen MR) is 100 cm³/mol. The number of halogens is 2. The quantitative estimate of drug-likeness (QED) is 0.712. The van der Waals surface area contributed by atoms with Gasteiger partial charge in [-0.25, -0.2) is 13.6 Å². The van der Waals surface area contributed by atoms with Crippen molar-refractivity contribution >= 4 is 23.5 Å². The van der Waals surface area contributed by atoms with Crippen molar-refractivity contribution in [3.8, 4) is 0 Å². The van der Waals surface area contributed by atoms with Gasteiger partial charge in [-0.15, -0.1) is 0 Å². The van der Waals surface area contributed by atoms with Gasteiger partial charge < -0.3 is 19.4 Å². The van der Waals surface area contributed by atoms with Gasteiger partial charge in [0.15, 0.2) is 6.10 Å². The highest BCUT2D eigenvalue weighted by Crippen LogP contribution is 2.19. The molecular weight excluding hydrogens is 386 g/mol. The van der Waals surface area contributed by atoms with Crippen LogP contribution in [0.2, 0.25) is 0 Å². The molecule has 1 aromatic heterocycles. The van der Waals surface area contributed by atoms with Gasteiger partial charge in [-0.05, 0) is 45.9 Å². The van der Waals surface area contributed by atoms with E-state index in [1.165, 1.54) is 6.92 Å². The Morgan fingerprint density at radius 2 is 1.79 bits per heavy atom. The van der Waals surface area contributed by atoms with Gasteiger partial charge in [0, 0.05) is 11.4 Å². The van der Waals surface area contributed by atoms with Crippen LogP contribution in [0.5, 0.6) is 0 Å². The first-order valence-corrected chi connectivity index (χ1v) is 8.93. The molecule has 29 heavy (non-hydrogen) atoms. The lowest BCUT2D eigenvalue weighted by Gasteiger charge is -2.15. The Hall–Kier alpha value is -3.23. The lowest BCUT2D eigenvalue weighted by molar-refractivity contribution is -0.153. The van der Waals surface area contributed by atoms with Crippen LogP contribution in [0.15, 0.2) is 24.3 Å². The molecule has 0 fully saturated rings. The molecule has 2 aromatic rings. The van der Waals surface area contributed by atoms with Crippen molar-refractivity contribution < 1.29 is 32.6 Å². The second-order valence-corrected chi connectivity index (χ2v) is 6.31. The lowest BCUT2D eigenvalue weighted by Crippen LogP contribution is -2.32. The summed E-state index contributed by atoms with van der Waals surface area (Å²) in [7, 11) is 0. The molecule has 1 atom stereocenters. The molecule has 1 heterocycles. The first-order valence-electron chi connectivity index (χ1n) is 8.93. The highest BCUT2D eigenvalue weighted by atomic mass is 19.1. The summed E-state index contributed by atoms with van der Waals surface area (Å²) in [4.78, 5) is 36.3. The Kier molecular flexibility index (Phi) is 7.08. The monoisotopic (exact) mass is 408 g/mol. The number of rotatable bonds is 7. The molecule has 0 saturated carbocycles. The number of nitrogens with zero attached hydrogens (tertiary/aromatic N) is 1. The third-order valence-electron chi connectivity index (χ3n) is 4.24. The first kappa shape index (κ1) is 22.1. The zero-order chi connectivity index (χ0) is 21.7. The average molecular weight is 408 g/mol. The smallest absolute Gasteiger partial charge is 0.339 e. The SMILES string of the molecule is CCOC(=O)c1cc(C)n(CC(=O)O[C@H](C)C(=O)Nc2c(F)cccc2F)c1C. The Morgan fingerprint density at radius 1 is 1.17 bits per heavy atom. The zero-order valence-electron chi connectivity index (χ0n) is 16.5. The highest BCUT2D eigenvalue weighted by molar-refractivity contribution is 5.95. The molecule has 0 unspecified atom stereocenters. The molecule has 0 bridgehead atoms. The van der Waals surface area contributed by atoms with E-state index in [0.29, 0.717) is 17.0 Å². The molecule has 0 aliphatic carbocycles. The number of hydrogen-bond acceptors (Lipinski definition) is 5. The Labute approximate surface area is 166 Å². The number of ether oxygens (including phenoxy) is 2. The fourth-order valence-electron chi connectivity index (χ4n) is 2.72. The third-order valence-corrected chi connectivity index (χ3v) is 4.24. The van der Waals surface area contributed by atoms with Crippen LogP contribution in [-0.4, -0.2) is 35.1 Å². The number of nitrogens with one attached hydrogen (secondary N) is 1. The summed E-state index contributed by atoms with van der Waals surface area (Å²) in [5, 5.41) is 2.07. The molecule has 0 spiro atoms. The third kappa shape index (κ3) is 5.18. The molecule has 156 valence electrons. The molecule has 1 amide bonds. The number of carbonyl (C=O) groups is 3. The summed E-state index contributed by atoms with van der Waals surface area (Å²) in [5.74, 6) is -4.02. The van der Waals surface area contributed by atoms with Crippen LogP contribution in [0.3, 0.4) is 0 Å². The Bertz CT molecular complexity index is 919. The summed E-state index contributed by atoms with van der Waals surface area (Å²) < 4.78 is 38.8. The van der Waals surface area contributed by atoms with Gasteiger partial charge in [0.2, 0.25) is 0 Å². The number of anilines is 1. The van der Waals surface area contributed by atoms with E-state index in [4.69, 9.17) is 9.47 Å². The minimum Gasteiger partial charge on any atom is -0.462 e. The molecule has 0 aliphatic rings. The van der Waals surface area contributed by atoms with Crippen molar-refractivity contribution in [2.24, 2.45) is 0 Å². The summed E-state index contributed by atoms with van der Waals surface area (Å²) in [6.07, 6.45) is -1.29. The molecular formula is C20H22F2N2O5. The molecule has 1 N–H and O–H groups in total. The molecule has 9 heteroatoms. The van der Waals surface area contributed by atoms with Gasteiger partial charge in [0.1, 0.15) is 23.9 Å². The summed E-state index contributed by atoms with van der Waals surface area (Å²) in [5.41, 5.74) is 0.867. The predicted octanol–water partition coefficient (Wildman–Crippen LogP) is 3.13. The fraction of sp³-hybridized carbons (Fsp3) is 0.350. The zero-order valence-corrected chi connectivity index (χ0v) is 16.5. The number of para-hydroxylation sites is 1. The van der Waals surface area contributed by atoms with Gasteiger partial charge in [-0.3, -0.25) is 9.59 Å². The van der Waals surface area contributed by atoms with Crippen LogP contribution < -0.4 is 5.32 Å². The van der Waals surface area contributed by atoms with E-state index in [0.717, 1.165) is 18.2 Å². The minimum atomic E-state index is -1.29. The fourth-order valence-corrected chi connectivity index (χ4v) is 2.72. The van der Waals surface area contributed by atoms with E-state index in [1.807, 2.05) is 0 Å². The molecule has 2 rings (SSSR count). The summed E-state index contributed by atoms with van der Waals surface area (Å²) in [6, 6.07) is 4.75. The normalized spacial score (nSPS) is 11.7. The molecule has 0 radical (unpaired) electrons. The lowest BCUT2D eigenvalue weighted by atomic mass is 10.2. The number of aromatic nitrogens is 1. The number of hydrogen-bond donors (Lipinski definition) is 1. The van der Waals surface area contributed by atoms with Crippen LogP contribution in [0.25, 0.3) is 0 Å². The van der Waals surface area contributed by atoms with E-state index >= 15 is 0 Å². The highest BCUT2D eigenvalue weighted by Gasteiger charge is 2.23. The maximum atomic E-state index is 13.6. The van der Waals surface area contributed by atoms with Gasteiger partial charge in [-0.2, -0.15) is 0 Å². The van der Waals surface area contributed by atoms with Gasteiger partial charge in [0.05, 0.1) is 12.2 Å².